The smallest absolute Gasteiger partial charge is 0.147 e. The molecule has 4 heterocycles. The molecule has 10 heteroatoms. The first kappa shape index (κ1) is 25.0. The van der Waals surface area contributed by atoms with E-state index in [-0.39, 0.29) is 10.2 Å². The van der Waals surface area contributed by atoms with Crippen LogP contribution in [0.1, 0.15) is 39.3 Å². The topological polar surface area (TPSA) is 69.4 Å². The van der Waals surface area contributed by atoms with Crippen molar-refractivity contribution in [3.8, 4) is 0 Å². The zero-order chi connectivity index (χ0) is 24.8. The molecular formula is C25H27Cl2N5OS2. The van der Waals surface area contributed by atoms with Crippen LogP contribution in [0.5, 0.6) is 0 Å². The van der Waals surface area contributed by atoms with E-state index in [2.05, 4.69) is 31.7 Å². The predicted octanol–water partition coefficient (Wildman–Crippen LogP) is 6.29. The van der Waals surface area contributed by atoms with Crippen molar-refractivity contribution in [3.05, 3.63) is 64.7 Å². The Kier molecular flexibility index (Phi) is 6.87. The van der Waals surface area contributed by atoms with Gasteiger partial charge in [0.05, 0.1) is 28.1 Å². The average molecular weight is 549 g/mol. The highest BCUT2D eigenvalue weighted by molar-refractivity contribution is 7.99. The summed E-state index contributed by atoms with van der Waals surface area (Å²) in [6.45, 7) is 8.47. The minimum absolute atomic E-state index is 0.0967. The molecule has 0 bridgehead atoms. The van der Waals surface area contributed by atoms with Crippen molar-refractivity contribution < 1.29 is 4.55 Å². The Morgan fingerprint density at radius 1 is 1.09 bits per heavy atom. The SMILES string of the molecule is CC(C)(C)[S+]([O-])N=C1c2cccn2CC12CCN(c1cnc(Sc3cccc(Cl)c3Cl)cn1)CC2. The van der Waals surface area contributed by atoms with Crippen molar-refractivity contribution in [1.82, 2.24) is 14.5 Å². The third-order valence-electron chi connectivity index (χ3n) is 6.54. The lowest BCUT2D eigenvalue weighted by Gasteiger charge is -2.39. The summed E-state index contributed by atoms with van der Waals surface area (Å²) in [6.07, 6.45) is 7.54. The van der Waals surface area contributed by atoms with Gasteiger partial charge in [-0.3, -0.25) is 0 Å². The predicted molar refractivity (Wildman–Crippen MR) is 145 cm³/mol. The lowest BCUT2D eigenvalue weighted by Crippen LogP contribution is -2.44. The molecule has 6 nitrogen and oxygen atoms in total. The van der Waals surface area contributed by atoms with Crippen molar-refractivity contribution in [2.45, 2.75) is 54.8 Å². The summed E-state index contributed by atoms with van der Waals surface area (Å²) in [5.74, 6) is 0.857. The van der Waals surface area contributed by atoms with E-state index in [9.17, 15) is 4.55 Å². The number of piperidine rings is 1. The first-order valence-corrected chi connectivity index (χ1v) is 14.2. The molecule has 1 atom stereocenters. The largest absolute Gasteiger partial charge is 0.591 e. The van der Waals surface area contributed by atoms with Crippen LogP contribution in [0.15, 0.2) is 63.2 Å². The lowest BCUT2D eigenvalue weighted by molar-refractivity contribution is 0.298. The van der Waals surface area contributed by atoms with E-state index in [1.807, 2.05) is 45.2 Å². The maximum Gasteiger partial charge on any atom is 0.147 e. The zero-order valence-electron chi connectivity index (χ0n) is 19.9. The number of benzene rings is 1. The molecular weight excluding hydrogens is 521 g/mol. The normalized spacial score (nSPS) is 19.4. The Balaban J connectivity index is 1.30. The summed E-state index contributed by atoms with van der Waals surface area (Å²) in [7, 11) is 0. The van der Waals surface area contributed by atoms with E-state index < -0.39 is 11.4 Å². The molecule has 184 valence electrons. The molecule has 1 saturated heterocycles. The van der Waals surface area contributed by atoms with Crippen LogP contribution in [0.4, 0.5) is 5.82 Å². The fourth-order valence-electron chi connectivity index (χ4n) is 4.56. The standard InChI is InChI=1S/C25H27Cl2N5OS2/c1-24(2,3)35(33)30-23-18-7-5-11-32(18)16-25(23)9-12-31(13-10-25)20-14-29-21(15-28-20)34-19-8-4-6-17(26)22(19)27/h4-8,11,14-15H,9-10,12-13,16H2,1-3H3. The van der Waals surface area contributed by atoms with Gasteiger partial charge >= 0.3 is 0 Å². The third kappa shape index (κ3) is 4.96. The molecule has 0 aliphatic carbocycles. The van der Waals surface area contributed by atoms with E-state index in [0.717, 1.165) is 59.6 Å². The molecule has 2 aliphatic rings. The Hall–Kier alpha value is -1.71. The number of nitrogens with zero attached hydrogens (tertiary/aromatic N) is 5. The minimum atomic E-state index is -1.30. The van der Waals surface area contributed by atoms with Gasteiger partial charge in [-0.05, 0) is 57.9 Å². The number of rotatable bonds is 4. The molecule has 1 fully saturated rings. The van der Waals surface area contributed by atoms with Gasteiger partial charge in [0.25, 0.3) is 0 Å². The number of fused-ring (bicyclic) bond motifs is 1. The van der Waals surface area contributed by atoms with Crippen LogP contribution in [-0.2, 0) is 17.9 Å². The van der Waals surface area contributed by atoms with Gasteiger partial charge in [-0.1, -0.05) is 45.4 Å². The van der Waals surface area contributed by atoms with E-state index in [0.29, 0.717) is 10.0 Å². The second-order valence-corrected chi connectivity index (χ2v) is 13.7. The summed E-state index contributed by atoms with van der Waals surface area (Å²) in [4.78, 5) is 12.4. The van der Waals surface area contributed by atoms with Gasteiger partial charge in [0.2, 0.25) is 0 Å². The van der Waals surface area contributed by atoms with Crippen LogP contribution in [0.25, 0.3) is 0 Å². The quantitative estimate of drug-likeness (QED) is 0.359. The Labute approximate surface area is 223 Å². The Morgan fingerprint density at radius 2 is 1.86 bits per heavy atom. The highest BCUT2D eigenvalue weighted by Crippen LogP contribution is 2.44. The van der Waals surface area contributed by atoms with Gasteiger partial charge < -0.3 is 14.0 Å². The molecule has 5 rings (SSSR count). The van der Waals surface area contributed by atoms with Gasteiger partial charge in [-0.2, -0.15) is 0 Å². The van der Waals surface area contributed by atoms with Crippen LogP contribution in [0, 0.1) is 5.41 Å². The minimum Gasteiger partial charge on any atom is -0.591 e. The number of anilines is 1. The van der Waals surface area contributed by atoms with Gasteiger partial charge in [-0.15, -0.1) is 0 Å². The molecule has 2 aromatic heterocycles. The maximum atomic E-state index is 12.9. The maximum absolute atomic E-state index is 12.9. The van der Waals surface area contributed by atoms with Crippen molar-refractivity contribution in [2.24, 2.45) is 9.81 Å². The number of hydrogen-bond acceptors (Lipinski definition) is 6. The fourth-order valence-corrected chi connectivity index (χ4v) is 6.54. The summed E-state index contributed by atoms with van der Waals surface area (Å²) < 4.78 is 19.6. The van der Waals surface area contributed by atoms with Crippen LogP contribution >= 0.6 is 35.0 Å². The van der Waals surface area contributed by atoms with Crippen LogP contribution in [0.2, 0.25) is 10.0 Å². The highest BCUT2D eigenvalue weighted by Gasteiger charge is 2.47. The number of aromatic nitrogens is 3. The van der Waals surface area contributed by atoms with Gasteiger partial charge in [-0.25, -0.2) is 9.97 Å². The molecule has 1 spiro atoms. The van der Waals surface area contributed by atoms with Gasteiger partial charge in [0.15, 0.2) is 0 Å². The fraction of sp³-hybridized carbons (Fsp3) is 0.400. The highest BCUT2D eigenvalue weighted by atomic mass is 35.5. The molecule has 1 aromatic carbocycles. The second kappa shape index (κ2) is 9.63. The summed E-state index contributed by atoms with van der Waals surface area (Å²) >= 11 is 12.6. The molecule has 0 amide bonds. The first-order chi connectivity index (χ1) is 16.7. The monoisotopic (exact) mass is 547 g/mol. The van der Waals surface area contributed by atoms with Crippen LogP contribution in [-0.4, -0.2) is 42.6 Å². The molecule has 0 saturated carbocycles. The summed E-state index contributed by atoms with van der Waals surface area (Å²) in [6, 6.07) is 9.69. The molecule has 0 N–H and O–H groups in total. The van der Waals surface area contributed by atoms with Gasteiger partial charge in [0, 0.05) is 36.1 Å². The lowest BCUT2D eigenvalue weighted by atomic mass is 9.75. The molecule has 0 radical (unpaired) electrons. The van der Waals surface area contributed by atoms with Crippen molar-refractivity contribution >= 4 is 57.9 Å². The molecule has 2 aliphatic heterocycles. The number of hydrogen-bond donors (Lipinski definition) is 0. The third-order valence-corrected chi connectivity index (χ3v) is 9.84. The van der Waals surface area contributed by atoms with Crippen LogP contribution < -0.4 is 4.90 Å². The van der Waals surface area contributed by atoms with E-state index in [1.54, 1.807) is 12.3 Å². The summed E-state index contributed by atoms with van der Waals surface area (Å²) in [5, 5.41) is 1.82. The molecule has 35 heavy (non-hydrogen) atoms. The Bertz CT molecular complexity index is 1250. The van der Waals surface area contributed by atoms with Gasteiger partial charge in [0.1, 0.15) is 32.7 Å². The first-order valence-electron chi connectivity index (χ1n) is 11.5. The van der Waals surface area contributed by atoms with Crippen molar-refractivity contribution in [1.29, 1.82) is 0 Å². The average Bonchev–Trinajstić information content (AvgIpc) is 3.38. The Morgan fingerprint density at radius 3 is 2.54 bits per heavy atom. The second-order valence-electron chi connectivity index (χ2n) is 9.96. The molecule has 1 unspecified atom stereocenters. The van der Waals surface area contributed by atoms with Crippen molar-refractivity contribution in [3.63, 3.8) is 0 Å². The van der Waals surface area contributed by atoms with E-state index >= 15 is 0 Å². The summed E-state index contributed by atoms with van der Waals surface area (Å²) in [5.41, 5.74) is 1.99. The molecule has 3 aromatic rings. The van der Waals surface area contributed by atoms with Crippen molar-refractivity contribution in [2.75, 3.05) is 18.0 Å². The zero-order valence-corrected chi connectivity index (χ0v) is 23.0. The van der Waals surface area contributed by atoms with E-state index in [1.165, 1.54) is 11.8 Å². The van der Waals surface area contributed by atoms with Crippen LogP contribution in [0.3, 0.4) is 0 Å². The number of halogens is 2. The van der Waals surface area contributed by atoms with E-state index in [4.69, 9.17) is 27.6 Å².